The highest BCUT2D eigenvalue weighted by Crippen LogP contribution is 2.42. The SMILES string of the molecule is COc1ccc2c(c1)CCOC21CCN(C(=O)c2ccc(F)cn2)CC1. The van der Waals surface area contributed by atoms with Crippen LogP contribution in [-0.2, 0) is 16.8 Å². The van der Waals surface area contributed by atoms with Gasteiger partial charge >= 0.3 is 0 Å². The summed E-state index contributed by atoms with van der Waals surface area (Å²) in [5, 5.41) is 0. The zero-order valence-corrected chi connectivity index (χ0v) is 14.7. The Morgan fingerprint density at radius 1 is 1.27 bits per heavy atom. The molecule has 3 heterocycles. The number of amides is 1. The van der Waals surface area contributed by atoms with Crippen LogP contribution in [0, 0.1) is 5.82 Å². The quantitative estimate of drug-likeness (QED) is 0.830. The number of fused-ring (bicyclic) bond motifs is 2. The van der Waals surface area contributed by atoms with Gasteiger partial charge in [-0.05, 0) is 54.7 Å². The Kier molecular flexibility index (Phi) is 4.36. The number of aromatic nitrogens is 1. The van der Waals surface area contributed by atoms with Gasteiger partial charge < -0.3 is 14.4 Å². The van der Waals surface area contributed by atoms with Crippen molar-refractivity contribution in [1.29, 1.82) is 0 Å². The first-order valence-electron chi connectivity index (χ1n) is 8.83. The molecule has 0 N–H and O–H groups in total. The molecule has 4 rings (SSSR count). The standard InChI is InChI=1S/C20H21FN2O3/c1-25-16-3-4-17-14(12-16)6-11-26-20(17)7-9-23(10-8-20)19(24)18-5-2-15(21)13-22-18/h2-5,12-13H,6-11H2,1H3. The molecule has 5 nitrogen and oxygen atoms in total. The summed E-state index contributed by atoms with van der Waals surface area (Å²) in [7, 11) is 1.67. The van der Waals surface area contributed by atoms with Crippen LogP contribution in [-0.4, -0.2) is 42.6 Å². The molecule has 2 aromatic rings. The number of likely N-dealkylation sites (tertiary alicyclic amines) is 1. The Labute approximate surface area is 151 Å². The molecule has 6 heteroatoms. The number of benzene rings is 1. The summed E-state index contributed by atoms with van der Waals surface area (Å²) in [4.78, 5) is 18.3. The van der Waals surface area contributed by atoms with Crippen LogP contribution < -0.4 is 4.74 Å². The summed E-state index contributed by atoms with van der Waals surface area (Å²) in [5.41, 5.74) is 2.40. The number of carbonyl (C=O) groups is 1. The van der Waals surface area contributed by atoms with Gasteiger partial charge in [-0.25, -0.2) is 9.37 Å². The molecule has 2 aliphatic rings. The van der Waals surface area contributed by atoms with Crippen molar-refractivity contribution in [3.8, 4) is 5.75 Å². The van der Waals surface area contributed by atoms with Crippen molar-refractivity contribution in [2.75, 3.05) is 26.8 Å². The third kappa shape index (κ3) is 2.94. The van der Waals surface area contributed by atoms with Crippen LogP contribution in [0.5, 0.6) is 5.75 Å². The second kappa shape index (κ2) is 6.68. The van der Waals surface area contributed by atoms with E-state index in [9.17, 15) is 9.18 Å². The number of piperidine rings is 1. The maximum absolute atomic E-state index is 13.0. The number of ether oxygens (including phenoxy) is 2. The van der Waals surface area contributed by atoms with E-state index >= 15 is 0 Å². The molecule has 1 spiro atoms. The summed E-state index contributed by atoms with van der Waals surface area (Å²) in [6.45, 7) is 1.85. The molecule has 1 amide bonds. The number of hydrogen-bond acceptors (Lipinski definition) is 4. The Bertz CT molecular complexity index is 814. The fourth-order valence-electron chi connectivity index (χ4n) is 3.93. The zero-order valence-electron chi connectivity index (χ0n) is 14.7. The average molecular weight is 356 g/mol. The number of nitrogens with zero attached hydrogens (tertiary/aromatic N) is 2. The van der Waals surface area contributed by atoms with Crippen LogP contribution in [0.2, 0.25) is 0 Å². The fraction of sp³-hybridized carbons (Fsp3) is 0.400. The van der Waals surface area contributed by atoms with E-state index in [1.807, 2.05) is 6.07 Å². The number of carbonyl (C=O) groups excluding carboxylic acids is 1. The van der Waals surface area contributed by atoms with Gasteiger partial charge in [-0.3, -0.25) is 4.79 Å². The second-order valence-corrected chi connectivity index (χ2v) is 6.77. The molecule has 0 atom stereocenters. The molecule has 0 aliphatic carbocycles. The Morgan fingerprint density at radius 2 is 2.08 bits per heavy atom. The maximum atomic E-state index is 13.0. The minimum absolute atomic E-state index is 0.161. The number of methoxy groups -OCH3 is 1. The summed E-state index contributed by atoms with van der Waals surface area (Å²) in [5.74, 6) is 0.253. The van der Waals surface area contributed by atoms with E-state index in [0.717, 1.165) is 31.2 Å². The molecule has 0 saturated carbocycles. The van der Waals surface area contributed by atoms with Gasteiger partial charge in [-0.15, -0.1) is 0 Å². The monoisotopic (exact) mass is 356 g/mol. The molecular weight excluding hydrogens is 335 g/mol. The molecule has 136 valence electrons. The molecule has 0 radical (unpaired) electrons. The normalized spacial score (nSPS) is 18.5. The van der Waals surface area contributed by atoms with Gasteiger partial charge in [0.2, 0.25) is 0 Å². The van der Waals surface area contributed by atoms with Crippen LogP contribution in [0.25, 0.3) is 0 Å². The number of rotatable bonds is 2. The Hall–Kier alpha value is -2.47. The lowest BCUT2D eigenvalue weighted by Gasteiger charge is -2.45. The van der Waals surface area contributed by atoms with E-state index in [2.05, 4.69) is 17.1 Å². The predicted molar refractivity (Wildman–Crippen MR) is 93.7 cm³/mol. The Morgan fingerprint density at radius 3 is 2.77 bits per heavy atom. The third-order valence-corrected chi connectivity index (χ3v) is 5.36. The van der Waals surface area contributed by atoms with Gasteiger partial charge in [0.05, 0.1) is 25.5 Å². The molecular formula is C20H21FN2O3. The van der Waals surface area contributed by atoms with E-state index in [4.69, 9.17) is 9.47 Å². The zero-order chi connectivity index (χ0) is 18.1. The minimum atomic E-state index is -0.443. The Balaban J connectivity index is 1.52. The molecule has 1 aromatic carbocycles. The van der Waals surface area contributed by atoms with Crippen LogP contribution in [0.3, 0.4) is 0 Å². The average Bonchev–Trinajstić information content (AvgIpc) is 2.68. The van der Waals surface area contributed by atoms with Crippen LogP contribution in [0.4, 0.5) is 4.39 Å². The van der Waals surface area contributed by atoms with Gasteiger partial charge in [-0.1, -0.05) is 6.07 Å². The van der Waals surface area contributed by atoms with Gasteiger partial charge in [0.1, 0.15) is 17.3 Å². The van der Waals surface area contributed by atoms with Gasteiger partial charge in [0, 0.05) is 13.1 Å². The first kappa shape index (κ1) is 17.0. The molecule has 1 fully saturated rings. The molecule has 1 aromatic heterocycles. The van der Waals surface area contributed by atoms with Gasteiger partial charge in [-0.2, -0.15) is 0 Å². The first-order chi connectivity index (χ1) is 12.6. The number of hydrogen-bond donors (Lipinski definition) is 0. The number of halogens is 1. The van der Waals surface area contributed by atoms with E-state index in [0.29, 0.717) is 19.7 Å². The topological polar surface area (TPSA) is 51.7 Å². The van der Waals surface area contributed by atoms with Gasteiger partial charge in [0.15, 0.2) is 0 Å². The van der Waals surface area contributed by atoms with E-state index < -0.39 is 5.82 Å². The summed E-state index contributed by atoms with van der Waals surface area (Å²) in [6, 6.07) is 8.83. The van der Waals surface area contributed by atoms with Crippen molar-refractivity contribution < 1.29 is 18.7 Å². The van der Waals surface area contributed by atoms with Crippen molar-refractivity contribution in [2.24, 2.45) is 0 Å². The van der Waals surface area contributed by atoms with Crippen LogP contribution in [0.15, 0.2) is 36.5 Å². The van der Waals surface area contributed by atoms with E-state index in [1.54, 1.807) is 12.0 Å². The maximum Gasteiger partial charge on any atom is 0.272 e. The van der Waals surface area contributed by atoms with E-state index in [-0.39, 0.29) is 17.2 Å². The lowest BCUT2D eigenvalue weighted by atomic mass is 9.79. The molecule has 0 bridgehead atoms. The molecule has 2 aliphatic heterocycles. The van der Waals surface area contributed by atoms with Crippen molar-refractivity contribution in [2.45, 2.75) is 24.9 Å². The molecule has 1 saturated heterocycles. The summed E-state index contributed by atoms with van der Waals surface area (Å²) >= 11 is 0. The van der Waals surface area contributed by atoms with Gasteiger partial charge in [0.25, 0.3) is 5.91 Å². The highest BCUT2D eigenvalue weighted by molar-refractivity contribution is 5.92. The van der Waals surface area contributed by atoms with Crippen LogP contribution in [0.1, 0.15) is 34.5 Å². The highest BCUT2D eigenvalue weighted by Gasteiger charge is 2.41. The highest BCUT2D eigenvalue weighted by atomic mass is 19.1. The predicted octanol–water partition coefficient (Wildman–Crippen LogP) is 2.93. The van der Waals surface area contributed by atoms with E-state index in [1.165, 1.54) is 23.3 Å². The lowest BCUT2D eigenvalue weighted by Crippen LogP contribution is -2.48. The summed E-state index contributed by atoms with van der Waals surface area (Å²) in [6.07, 6.45) is 3.42. The second-order valence-electron chi connectivity index (χ2n) is 6.77. The van der Waals surface area contributed by atoms with Crippen LogP contribution >= 0.6 is 0 Å². The molecule has 0 unspecified atom stereocenters. The largest absolute Gasteiger partial charge is 0.497 e. The van der Waals surface area contributed by atoms with Crippen molar-refractivity contribution in [3.05, 3.63) is 59.2 Å². The van der Waals surface area contributed by atoms with Crippen molar-refractivity contribution in [1.82, 2.24) is 9.88 Å². The van der Waals surface area contributed by atoms with Crippen molar-refractivity contribution in [3.63, 3.8) is 0 Å². The number of pyridine rings is 1. The fourth-order valence-corrected chi connectivity index (χ4v) is 3.93. The summed E-state index contributed by atoms with van der Waals surface area (Å²) < 4.78 is 24.6. The third-order valence-electron chi connectivity index (χ3n) is 5.36. The first-order valence-corrected chi connectivity index (χ1v) is 8.83. The molecule has 26 heavy (non-hydrogen) atoms. The lowest BCUT2D eigenvalue weighted by molar-refractivity contribution is -0.0935. The minimum Gasteiger partial charge on any atom is -0.497 e. The smallest absolute Gasteiger partial charge is 0.272 e. The van der Waals surface area contributed by atoms with Crippen molar-refractivity contribution >= 4 is 5.91 Å².